The van der Waals surface area contributed by atoms with Gasteiger partial charge in [0.2, 0.25) is 0 Å². The van der Waals surface area contributed by atoms with Crippen LogP contribution in [0.25, 0.3) is 10.8 Å². The van der Waals surface area contributed by atoms with E-state index in [4.69, 9.17) is 9.47 Å². The molecule has 23 heavy (non-hydrogen) atoms. The fourth-order valence-corrected chi connectivity index (χ4v) is 2.98. The molecule has 0 unspecified atom stereocenters. The first-order valence-corrected chi connectivity index (χ1v) is 7.95. The van der Waals surface area contributed by atoms with Crippen LogP contribution >= 0.6 is 15.9 Å². The van der Waals surface area contributed by atoms with E-state index in [9.17, 15) is 4.79 Å². The second-order valence-electron chi connectivity index (χ2n) is 5.06. The maximum Gasteiger partial charge on any atom is 0.338 e. The molecule has 3 nitrogen and oxygen atoms in total. The van der Waals surface area contributed by atoms with Crippen LogP contribution in [0.5, 0.6) is 5.75 Å². The van der Waals surface area contributed by atoms with Gasteiger partial charge in [0.05, 0.1) is 17.1 Å². The molecule has 116 valence electrons. The van der Waals surface area contributed by atoms with Gasteiger partial charge in [0, 0.05) is 0 Å². The summed E-state index contributed by atoms with van der Waals surface area (Å²) in [4.78, 5) is 12.2. The second-order valence-corrected chi connectivity index (χ2v) is 5.92. The molecule has 0 saturated carbocycles. The van der Waals surface area contributed by atoms with E-state index in [2.05, 4.69) is 15.9 Å². The topological polar surface area (TPSA) is 35.5 Å². The maximum atomic E-state index is 12.2. The number of benzene rings is 3. The van der Waals surface area contributed by atoms with Crippen molar-refractivity contribution >= 4 is 32.7 Å². The number of methoxy groups -OCH3 is 1. The Morgan fingerprint density at radius 3 is 2.61 bits per heavy atom. The zero-order chi connectivity index (χ0) is 16.2. The molecule has 0 aliphatic carbocycles. The van der Waals surface area contributed by atoms with Crippen LogP contribution in [0.15, 0.2) is 65.1 Å². The van der Waals surface area contributed by atoms with Crippen molar-refractivity contribution in [1.82, 2.24) is 0 Å². The number of carbonyl (C=O) groups is 1. The minimum Gasteiger partial charge on any atom is -0.496 e. The van der Waals surface area contributed by atoms with Crippen molar-refractivity contribution in [1.29, 1.82) is 0 Å². The smallest absolute Gasteiger partial charge is 0.338 e. The summed E-state index contributed by atoms with van der Waals surface area (Å²) in [5, 5.41) is 2.23. The summed E-state index contributed by atoms with van der Waals surface area (Å²) in [6.45, 7) is 0.240. The Kier molecular flexibility index (Phi) is 4.63. The lowest BCUT2D eigenvalue weighted by atomic mass is 10.1. The Morgan fingerprint density at radius 2 is 1.83 bits per heavy atom. The third kappa shape index (κ3) is 3.37. The van der Waals surface area contributed by atoms with Gasteiger partial charge < -0.3 is 9.47 Å². The molecule has 0 N–H and O–H groups in total. The first-order chi connectivity index (χ1) is 11.2. The molecule has 0 fully saturated rings. The quantitative estimate of drug-likeness (QED) is 0.608. The minimum absolute atomic E-state index is 0.240. The summed E-state index contributed by atoms with van der Waals surface area (Å²) in [5.41, 5.74) is 1.47. The average molecular weight is 371 g/mol. The largest absolute Gasteiger partial charge is 0.496 e. The first-order valence-electron chi connectivity index (χ1n) is 7.16. The lowest BCUT2D eigenvalue weighted by Gasteiger charge is -2.09. The van der Waals surface area contributed by atoms with Crippen molar-refractivity contribution < 1.29 is 14.3 Å². The molecule has 0 bridgehead atoms. The van der Waals surface area contributed by atoms with Crippen molar-refractivity contribution in [2.45, 2.75) is 6.61 Å². The van der Waals surface area contributed by atoms with Crippen LogP contribution in [-0.4, -0.2) is 13.1 Å². The Hall–Kier alpha value is -2.33. The zero-order valence-electron chi connectivity index (χ0n) is 12.6. The van der Waals surface area contributed by atoms with E-state index >= 15 is 0 Å². The van der Waals surface area contributed by atoms with Crippen LogP contribution in [0, 0.1) is 0 Å². The van der Waals surface area contributed by atoms with Gasteiger partial charge in [-0.2, -0.15) is 0 Å². The maximum absolute atomic E-state index is 12.2. The molecule has 0 spiro atoms. The van der Waals surface area contributed by atoms with Gasteiger partial charge >= 0.3 is 5.97 Å². The molecule has 3 rings (SSSR count). The van der Waals surface area contributed by atoms with Gasteiger partial charge in [-0.1, -0.05) is 42.5 Å². The molecule has 3 aromatic rings. The predicted octanol–water partition coefficient (Wildman–Crippen LogP) is 4.97. The first kappa shape index (κ1) is 15.6. The number of hydrogen-bond donors (Lipinski definition) is 0. The molecule has 0 amide bonds. The van der Waals surface area contributed by atoms with Crippen LogP contribution in [0.3, 0.4) is 0 Å². The Labute approximate surface area is 143 Å². The number of rotatable bonds is 4. The van der Waals surface area contributed by atoms with E-state index in [0.29, 0.717) is 11.3 Å². The normalized spacial score (nSPS) is 10.5. The van der Waals surface area contributed by atoms with Crippen molar-refractivity contribution in [2.24, 2.45) is 0 Å². The Balaban J connectivity index is 1.77. The number of halogens is 1. The molecule has 0 atom stereocenters. The molecule has 0 aliphatic heterocycles. The van der Waals surface area contributed by atoms with Gasteiger partial charge in [0.1, 0.15) is 12.4 Å². The van der Waals surface area contributed by atoms with Gasteiger partial charge in [-0.05, 0) is 50.5 Å². The number of carbonyl (C=O) groups excluding carboxylic acids is 1. The van der Waals surface area contributed by atoms with Crippen molar-refractivity contribution in [2.75, 3.05) is 7.11 Å². The number of hydrogen-bond acceptors (Lipinski definition) is 3. The minimum atomic E-state index is -0.360. The van der Waals surface area contributed by atoms with Gasteiger partial charge in [-0.25, -0.2) is 4.79 Å². The van der Waals surface area contributed by atoms with E-state index in [1.54, 1.807) is 25.3 Å². The molecular formula is C19H15BrO3. The van der Waals surface area contributed by atoms with E-state index in [1.807, 2.05) is 42.5 Å². The van der Waals surface area contributed by atoms with Gasteiger partial charge in [-0.15, -0.1) is 0 Å². The fraction of sp³-hybridized carbons (Fsp3) is 0.105. The second kappa shape index (κ2) is 6.84. The Morgan fingerprint density at radius 1 is 1.04 bits per heavy atom. The SMILES string of the molecule is COc1ccc(C(=O)OCc2cccc3ccccc23)cc1Br. The van der Waals surface area contributed by atoms with Crippen LogP contribution in [0.2, 0.25) is 0 Å². The average Bonchev–Trinajstić information content (AvgIpc) is 2.59. The standard InChI is InChI=1S/C19H15BrO3/c1-22-18-10-9-14(11-17(18)20)19(21)23-12-15-7-4-6-13-5-2-3-8-16(13)15/h2-11H,12H2,1H3. The van der Waals surface area contributed by atoms with E-state index in [1.165, 1.54) is 0 Å². The molecular weight excluding hydrogens is 356 g/mol. The highest BCUT2D eigenvalue weighted by Gasteiger charge is 2.11. The summed E-state index contributed by atoms with van der Waals surface area (Å²) in [7, 11) is 1.58. The van der Waals surface area contributed by atoms with Crippen LogP contribution in [0.1, 0.15) is 15.9 Å². The summed E-state index contributed by atoms with van der Waals surface area (Å²) in [5.74, 6) is 0.317. The lowest BCUT2D eigenvalue weighted by Crippen LogP contribution is -2.05. The number of fused-ring (bicyclic) bond motifs is 1. The highest BCUT2D eigenvalue weighted by atomic mass is 79.9. The van der Waals surface area contributed by atoms with Crippen molar-refractivity contribution in [3.8, 4) is 5.75 Å². The van der Waals surface area contributed by atoms with Crippen LogP contribution in [-0.2, 0) is 11.3 Å². The highest BCUT2D eigenvalue weighted by molar-refractivity contribution is 9.10. The fourth-order valence-electron chi connectivity index (χ4n) is 2.44. The van der Waals surface area contributed by atoms with E-state index in [-0.39, 0.29) is 12.6 Å². The third-order valence-corrected chi connectivity index (χ3v) is 4.25. The van der Waals surface area contributed by atoms with Gasteiger partial charge in [0.15, 0.2) is 0 Å². The summed E-state index contributed by atoms with van der Waals surface area (Å²) in [6.07, 6.45) is 0. The van der Waals surface area contributed by atoms with E-state index < -0.39 is 0 Å². The van der Waals surface area contributed by atoms with Crippen molar-refractivity contribution in [3.63, 3.8) is 0 Å². The van der Waals surface area contributed by atoms with E-state index in [0.717, 1.165) is 20.8 Å². The highest BCUT2D eigenvalue weighted by Crippen LogP contribution is 2.26. The molecule has 0 aliphatic rings. The van der Waals surface area contributed by atoms with Gasteiger partial charge in [-0.3, -0.25) is 0 Å². The number of ether oxygens (including phenoxy) is 2. The monoisotopic (exact) mass is 370 g/mol. The summed E-state index contributed by atoms with van der Waals surface area (Å²) < 4.78 is 11.3. The van der Waals surface area contributed by atoms with Crippen LogP contribution in [0.4, 0.5) is 0 Å². The molecule has 3 aromatic carbocycles. The summed E-state index contributed by atoms with van der Waals surface area (Å²) in [6, 6.07) is 19.2. The Bertz CT molecular complexity index is 853. The van der Waals surface area contributed by atoms with Gasteiger partial charge in [0.25, 0.3) is 0 Å². The molecule has 0 aromatic heterocycles. The lowest BCUT2D eigenvalue weighted by molar-refractivity contribution is 0.0474. The molecule has 0 radical (unpaired) electrons. The number of esters is 1. The van der Waals surface area contributed by atoms with Crippen LogP contribution < -0.4 is 4.74 Å². The zero-order valence-corrected chi connectivity index (χ0v) is 14.2. The van der Waals surface area contributed by atoms with Crippen molar-refractivity contribution in [3.05, 3.63) is 76.3 Å². The molecule has 4 heteroatoms. The predicted molar refractivity (Wildman–Crippen MR) is 93.8 cm³/mol. The molecule has 0 saturated heterocycles. The third-order valence-electron chi connectivity index (χ3n) is 3.63. The molecule has 0 heterocycles. The summed E-state index contributed by atoms with van der Waals surface area (Å²) >= 11 is 3.37.